The number of hydrogen-bond acceptors (Lipinski definition) is 1. The van der Waals surface area contributed by atoms with Crippen molar-refractivity contribution in [2.45, 2.75) is 92.3 Å². The molecule has 0 saturated carbocycles. The van der Waals surface area contributed by atoms with E-state index in [4.69, 9.17) is 5.11 Å². The number of rotatable bonds is 12. The lowest BCUT2D eigenvalue weighted by molar-refractivity contribution is -0.448. The predicted molar refractivity (Wildman–Crippen MR) is 80.4 cm³/mol. The SMILES string of the molecule is C[C@](F)(C(F)(F)C(F)(F)C(F)(F)C(F)(F)C(F)(F)CCCCCCO)C(F)(C(F)(F)F)C(F)(F)F. The highest BCUT2D eigenvalue weighted by Crippen LogP contribution is 2.65. The third-order valence-corrected chi connectivity index (χ3v) is 5.06. The Labute approximate surface area is 184 Å². The minimum Gasteiger partial charge on any atom is -0.396 e. The van der Waals surface area contributed by atoms with Crippen molar-refractivity contribution < 1.29 is 84.1 Å². The van der Waals surface area contributed by atoms with Crippen molar-refractivity contribution in [2.75, 3.05) is 6.61 Å². The summed E-state index contributed by atoms with van der Waals surface area (Å²) in [7, 11) is 0. The molecule has 0 radical (unpaired) electrons. The van der Waals surface area contributed by atoms with Crippen LogP contribution in [0, 0.1) is 0 Å². The van der Waals surface area contributed by atoms with Gasteiger partial charge in [0.25, 0.3) is 0 Å². The number of aliphatic hydroxyl groups excluding tert-OH is 1. The third kappa shape index (κ3) is 4.98. The Balaban J connectivity index is 6.63. The minimum atomic E-state index is -8.44. The van der Waals surface area contributed by atoms with Crippen molar-refractivity contribution in [1.82, 2.24) is 0 Å². The molecule has 0 heterocycles. The fraction of sp³-hybridized carbons (Fsp3) is 1.00. The van der Waals surface area contributed by atoms with Gasteiger partial charge in [-0.05, 0) is 19.8 Å². The second-order valence-electron chi connectivity index (χ2n) is 7.55. The predicted octanol–water partition coefficient (Wildman–Crippen LogP) is 7.67. The zero-order chi connectivity index (χ0) is 28.7. The van der Waals surface area contributed by atoms with E-state index >= 15 is 0 Å². The average Bonchev–Trinajstić information content (AvgIpc) is 2.64. The second-order valence-corrected chi connectivity index (χ2v) is 7.55. The molecule has 1 nitrogen and oxygen atoms in total. The van der Waals surface area contributed by atoms with Crippen molar-refractivity contribution >= 4 is 0 Å². The van der Waals surface area contributed by atoms with E-state index in [-0.39, 0.29) is 12.8 Å². The van der Waals surface area contributed by atoms with Crippen molar-refractivity contribution in [3.63, 3.8) is 0 Å². The Morgan fingerprint density at radius 3 is 1.14 bits per heavy atom. The van der Waals surface area contributed by atoms with Gasteiger partial charge in [-0.1, -0.05) is 12.8 Å². The highest BCUT2D eigenvalue weighted by molar-refractivity contribution is 5.21. The maximum atomic E-state index is 14.1. The summed E-state index contributed by atoms with van der Waals surface area (Å²) in [5.74, 6) is -38.9. The van der Waals surface area contributed by atoms with E-state index in [0.717, 1.165) is 0 Å². The smallest absolute Gasteiger partial charge is 0.396 e. The van der Waals surface area contributed by atoms with Crippen LogP contribution in [0.1, 0.15) is 39.0 Å². The fourth-order valence-corrected chi connectivity index (χ4v) is 2.80. The summed E-state index contributed by atoms with van der Waals surface area (Å²) in [6.07, 6.45) is -20.3. The molecule has 0 aliphatic heterocycles. The van der Waals surface area contributed by atoms with Gasteiger partial charge in [0.15, 0.2) is 0 Å². The van der Waals surface area contributed by atoms with Gasteiger partial charge >= 0.3 is 47.6 Å². The van der Waals surface area contributed by atoms with Crippen LogP contribution >= 0.6 is 0 Å². The highest BCUT2D eigenvalue weighted by atomic mass is 19.4. The second kappa shape index (κ2) is 9.54. The molecule has 0 aromatic carbocycles. The number of halogens is 18. The van der Waals surface area contributed by atoms with Gasteiger partial charge in [0, 0.05) is 13.0 Å². The van der Waals surface area contributed by atoms with Crippen LogP contribution in [0.5, 0.6) is 0 Å². The molecular formula is C16H16F18O. The van der Waals surface area contributed by atoms with Crippen LogP contribution in [0.4, 0.5) is 79.0 Å². The van der Waals surface area contributed by atoms with E-state index in [1.807, 2.05) is 0 Å². The number of alkyl halides is 18. The summed E-state index contributed by atoms with van der Waals surface area (Å²) in [4.78, 5) is 0. The molecule has 19 heteroatoms. The number of unbranched alkanes of at least 4 members (excludes halogenated alkanes) is 3. The van der Waals surface area contributed by atoms with E-state index < -0.39 is 86.1 Å². The van der Waals surface area contributed by atoms with Gasteiger partial charge in [0.1, 0.15) is 0 Å². The van der Waals surface area contributed by atoms with E-state index in [0.29, 0.717) is 0 Å². The van der Waals surface area contributed by atoms with Gasteiger partial charge in [-0.25, -0.2) is 8.78 Å². The van der Waals surface area contributed by atoms with Crippen molar-refractivity contribution in [1.29, 1.82) is 0 Å². The Morgan fingerprint density at radius 2 is 0.800 bits per heavy atom. The van der Waals surface area contributed by atoms with Crippen LogP contribution < -0.4 is 0 Å². The number of aliphatic hydroxyl groups is 1. The molecule has 0 unspecified atom stereocenters. The van der Waals surface area contributed by atoms with E-state index in [1.165, 1.54) is 0 Å². The van der Waals surface area contributed by atoms with Gasteiger partial charge in [0.05, 0.1) is 0 Å². The molecule has 1 N–H and O–H groups in total. The lowest BCUT2D eigenvalue weighted by atomic mass is 9.76. The van der Waals surface area contributed by atoms with E-state index in [1.54, 1.807) is 0 Å². The first-order chi connectivity index (χ1) is 15.1. The number of hydrogen-bond donors (Lipinski definition) is 1. The van der Waals surface area contributed by atoms with Crippen LogP contribution in [0.2, 0.25) is 0 Å². The molecule has 35 heavy (non-hydrogen) atoms. The summed E-state index contributed by atoms with van der Waals surface area (Å²) in [5.41, 5.74) is -15.5. The molecule has 1 atom stereocenters. The molecule has 0 rings (SSSR count). The molecule has 0 spiro atoms. The molecule has 0 saturated heterocycles. The molecule has 0 aromatic heterocycles. The first-order valence-electron chi connectivity index (χ1n) is 9.07. The topological polar surface area (TPSA) is 20.2 Å². The Morgan fingerprint density at radius 1 is 0.457 bits per heavy atom. The first-order valence-corrected chi connectivity index (χ1v) is 9.07. The van der Waals surface area contributed by atoms with Crippen LogP contribution in [0.15, 0.2) is 0 Å². The monoisotopic (exact) mass is 566 g/mol. The molecule has 0 bridgehead atoms. The Hall–Kier alpha value is -1.30. The maximum absolute atomic E-state index is 14.1. The zero-order valence-electron chi connectivity index (χ0n) is 17.0. The minimum absolute atomic E-state index is 0.124. The highest BCUT2D eigenvalue weighted by Gasteiger charge is 2.95. The normalized spacial score (nSPS) is 17.5. The van der Waals surface area contributed by atoms with Gasteiger partial charge in [-0.3, -0.25) is 0 Å². The van der Waals surface area contributed by atoms with Gasteiger partial charge in [-0.15, -0.1) is 0 Å². The first kappa shape index (κ1) is 33.7. The zero-order valence-corrected chi connectivity index (χ0v) is 17.0. The van der Waals surface area contributed by atoms with Crippen LogP contribution in [-0.4, -0.2) is 65.0 Å². The quantitative estimate of drug-likeness (QED) is 0.190. The lowest BCUT2D eigenvalue weighted by Crippen LogP contribution is -2.78. The van der Waals surface area contributed by atoms with Crippen molar-refractivity contribution in [2.24, 2.45) is 0 Å². The molecule has 0 aliphatic carbocycles. The molecule has 212 valence electrons. The Kier molecular flexibility index (Phi) is 9.18. The standard InChI is InChI=1S/C16H16F18O/c1-8(17,10(20,15(29,30)31)16(32,33)34)11(21,22)13(25,26)14(27,28)12(23,24)9(18,19)6-4-2-3-5-7-35/h35H,2-7H2,1H3/t8-/m1/s1. The molecule has 0 amide bonds. The fourth-order valence-electron chi connectivity index (χ4n) is 2.80. The van der Waals surface area contributed by atoms with Crippen LogP contribution in [-0.2, 0) is 0 Å². The van der Waals surface area contributed by atoms with E-state index in [9.17, 15) is 79.0 Å². The van der Waals surface area contributed by atoms with Crippen molar-refractivity contribution in [3.05, 3.63) is 0 Å². The summed E-state index contributed by atoms with van der Waals surface area (Å²) in [5, 5.41) is 8.43. The van der Waals surface area contributed by atoms with E-state index in [2.05, 4.69) is 0 Å². The molecule has 0 aliphatic rings. The van der Waals surface area contributed by atoms with Crippen molar-refractivity contribution in [3.8, 4) is 0 Å². The van der Waals surface area contributed by atoms with Gasteiger partial charge in [-0.2, -0.15) is 70.2 Å². The molecule has 0 aromatic rings. The molecular weight excluding hydrogens is 550 g/mol. The summed E-state index contributed by atoms with van der Waals surface area (Å²) in [6, 6.07) is 0. The third-order valence-electron chi connectivity index (χ3n) is 5.06. The molecule has 0 fully saturated rings. The van der Waals surface area contributed by atoms with Gasteiger partial charge < -0.3 is 5.11 Å². The lowest BCUT2D eigenvalue weighted by Gasteiger charge is -2.47. The summed E-state index contributed by atoms with van der Waals surface area (Å²) < 4.78 is 241. The summed E-state index contributed by atoms with van der Waals surface area (Å²) >= 11 is 0. The largest absolute Gasteiger partial charge is 0.435 e. The van der Waals surface area contributed by atoms with Crippen LogP contribution in [0.3, 0.4) is 0 Å². The summed E-state index contributed by atoms with van der Waals surface area (Å²) in [6.45, 7) is -2.45. The Bertz CT molecular complexity index is 690. The average molecular weight is 566 g/mol. The van der Waals surface area contributed by atoms with Crippen LogP contribution in [0.25, 0.3) is 0 Å². The van der Waals surface area contributed by atoms with Gasteiger partial charge in [0.2, 0.25) is 5.67 Å². The maximum Gasteiger partial charge on any atom is 0.435 e.